The molecule has 0 radical (unpaired) electrons. The van der Waals surface area contributed by atoms with E-state index >= 15 is 0 Å². The zero-order chi connectivity index (χ0) is 16.8. The number of allylic oxidation sites excluding steroid dienone is 2. The first kappa shape index (κ1) is 17.6. The Kier molecular flexibility index (Phi) is 6.40. The minimum Gasteiger partial charge on any atom is -0.494 e. The summed E-state index contributed by atoms with van der Waals surface area (Å²) in [5.74, 6) is 3.96. The quantitative estimate of drug-likeness (QED) is 0.554. The third-order valence-electron chi connectivity index (χ3n) is 6.24. The van der Waals surface area contributed by atoms with Gasteiger partial charge in [0, 0.05) is 0 Å². The molecule has 0 aliphatic heterocycles. The van der Waals surface area contributed by atoms with Gasteiger partial charge in [-0.25, -0.2) is 0 Å². The van der Waals surface area contributed by atoms with Gasteiger partial charge in [0.25, 0.3) is 0 Å². The Morgan fingerprint density at radius 2 is 1.67 bits per heavy atom. The molecule has 1 unspecified atom stereocenters. The van der Waals surface area contributed by atoms with Crippen LogP contribution in [0.15, 0.2) is 30.3 Å². The van der Waals surface area contributed by atoms with E-state index in [1.165, 1.54) is 63.4 Å². The van der Waals surface area contributed by atoms with Gasteiger partial charge in [-0.2, -0.15) is 0 Å². The van der Waals surface area contributed by atoms with Crippen molar-refractivity contribution in [2.45, 2.75) is 71.6 Å². The largest absolute Gasteiger partial charge is 0.494 e. The molecule has 0 N–H and O–H groups in total. The lowest BCUT2D eigenvalue weighted by Crippen LogP contribution is -2.23. The fourth-order valence-electron chi connectivity index (χ4n) is 4.83. The average Bonchev–Trinajstić information content (AvgIpc) is 2.64. The molecule has 2 aliphatic carbocycles. The molecule has 1 fully saturated rings. The summed E-state index contributed by atoms with van der Waals surface area (Å²) in [6, 6.07) is 8.68. The molecule has 0 bridgehead atoms. The van der Waals surface area contributed by atoms with Gasteiger partial charge in [0.05, 0.1) is 6.61 Å². The molecule has 24 heavy (non-hydrogen) atoms. The molecule has 0 heterocycles. The lowest BCUT2D eigenvalue weighted by Gasteiger charge is -2.35. The van der Waals surface area contributed by atoms with Crippen molar-refractivity contribution >= 4 is 5.57 Å². The van der Waals surface area contributed by atoms with Crippen molar-refractivity contribution in [3.8, 4) is 5.75 Å². The average molecular weight is 327 g/mol. The summed E-state index contributed by atoms with van der Waals surface area (Å²) >= 11 is 0. The van der Waals surface area contributed by atoms with Crippen LogP contribution in [0.2, 0.25) is 0 Å². The summed E-state index contributed by atoms with van der Waals surface area (Å²) in [4.78, 5) is 0. The van der Waals surface area contributed by atoms with Gasteiger partial charge >= 0.3 is 0 Å². The molecular weight excluding hydrogens is 292 g/mol. The van der Waals surface area contributed by atoms with E-state index in [-0.39, 0.29) is 0 Å². The molecule has 1 nitrogen and oxygen atoms in total. The molecule has 0 saturated heterocycles. The standard InChI is InChI=1S/C23H34O/c1-3-5-18-6-8-19(9-7-18)20-10-12-21(13-11-20)22-14-16-23(17-15-22)24-4-2/h12,14-20H,3-11,13H2,1-2H3. The highest BCUT2D eigenvalue weighted by molar-refractivity contribution is 5.66. The summed E-state index contributed by atoms with van der Waals surface area (Å²) in [7, 11) is 0. The number of hydrogen-bond donors (Lipinski definition) is 0. The highest BCUT2D eigenvalue weighted by atomic mass is 16.5. The van der Waals surface area contributed by atoms with Crippen LogP contribution in [-0.4, -0.2) is 6.61 Å². The molecule has 1 saturated carbocycles. The van der Waals surface area contributed by atoms with E-state index in [2.05, 4.69) is 37.3 Å². The van der Waals surface area contributed by atoms with Gasteiger partial charge in [-0.15, -0.1) is 0 Å². The molecule has 0 aromatic heterocycles. The van der Waals surface area contributed by atoms with Gasteiger partial charge in [-0.05, 0) is 80.1 Å². The van der Waals surface area contributed by atoms with Gasteiger partial charge in [-0.1, -0.05) is 50.8 Å². The van der Waals surface area contributed by atoms with Crippen LogP contribution in [0.3, 0.4) is 0 Å². The zero-order valence-corrected chi connectivity index (χ0v) is 15.6. The van der Waals surface area contributed by atoms with Gasteiger partial charge in [-0.3, -0.25) is 0 Å². The minimum absolute atomic E-state index is 0.740. The highest BCUT2D eigenvalue weighted by Gasteiger charge is 2.28. The Labute approximate surface area is 148 Å². The van der Waals surface area contributed by atoms with E-state index in [0.717, 1.165) is 30.1 Å². The first-order valence-corrected chi connectivity index (χ1v) is 10.2. The fourth-order valence-corrected chi connectivity index (χ4v) is 4.83. The van der Waals surface area contributed by atoms with Crippen LogP contribution in [0.5, 0.6) is 5.75 Å². The van der Waals surface area contributed by atoms with E-state index in [1.54, 1.807) is 5.57 Å². The Balaban J connectivity index is 1.52. The second-order valence-corrected chi connectivity index (χ2v) is 7.79. The van der Waals surface area contributed by atoms with Crippen LogP contribution < -0.4 is 4.74 Å². The van der Waals surface area contributed by atoms with Crippen LogP contribution in [0, 0.1) is 17.8 Å². The number of benzene rings is 1. The summed E-state index contributed by atoms with van der Waals surface area (Å²) < 4.78 is 5.55. The van der Waals surface area contributed by atoms with Gasteiger partial charge in [0.1, 0.15) is 5.75 Å². The predicted molar refractivity (Wildman–Crippen MR) is 103 cm³/mol. The number of rotatable bonds is 6. The molecule has 1 aromatic carbocycles. The number of hydrogen-bond acceptors (Lipinski definition) is 1. The van der Waals surface area contributed by atoms with Crippen LogP contribution in [0.25, 0.3) is 5.57 Å². The number of ether oxygens (including phenoxy) is 1. The second kappa shape index (κ2) is 8.74. The maximum Gasteiger partial charge on any atom is 0.119 e. The van der Waals surface area contributed by atoms with Crippen molar-refractivity contribution in [3.05, 3.63) is 35.9 Å². The monoisotopic (exact) mass is 326 g/mol. The molecule has 1 atom stereocenters. The van der Waals surface area contributed by atoms with Crippen LogP contribution in [0.1, 0.15) is 77.2 Å². The molecule has 2 aliphatic rings. The second-order valence-electron chi connectivity index (χ2n) is 7.79. The van der Waals surface area contributed by atoms with Gasteiger partial charge < -0.3 is 4.74 Å². The van der Waals surface area contributed by atoms with Crippen molar-refractivity contribution in [2.24, 2.45) is 17.8 Å². The highest BCUT2D eigenvalue weighted by Crippen LogP contribution is 2.42. The summed E-state index contributed by atoms with van der Waals surface area (Å²) in [5.41, 5.74) is 2.94. The van der Waals surface area contributed by atoms with Gasteiger partial charge in [0.2, 0.25) is 0 Å². The molecule has 0 spiro atoms. The topological polar surface area (TPSA) is 9.23 Å². The summed E-state index contributed by atoms with van der Waals surface area (Å²) in [6.07, 6.45) is 15.3. The maximum atomic E-state index is 5.55. The van der Waals surface area contributed by atoms with E-state index in [0.29, 0.717) is 0 Å². The van der Waals surface area contributed by atoms with E-state index in [9.17, 15) is 0 Å². The molecule has 3 rings (SSSR count). The van der Waals surface area contributed by atoms with E-state index in [4.69, 9.17) is 4.74 Å². The van der Waals surface area contributed by atoms with Gasteiger partial charge in [0.15, 0.2) is 0 Å². The van der Waals surface area contributed by atoms with Crippen LogP contribution >= 0.6 is 0 Å². The predicted octanol–water partition coefficient (Wildman–Crippen LogP) is 6.88. The third kappa shape index (κ3) is 4.43. The van der Waals surface area contributed by atoms with Crippen molar-refractivity contribution in [1.82, 2.24) is 0 Å². The Bertz CT molecular complexity index is 519. The minimum atomic E-state index is 0.740. The molecule has 0 amide bonds. The zero-order valence-electron chi connectivity index (χ0n) is 15.6. The van der Waals surface area contributed by atoms with Crippen molar-refractivity contribution in [2.75, 3.05) is 6.61 Å². The Morgan fingerprint density at radius 3 is 2.25 bits per heavy atom. The first-order chi connectivity index (χ1) is 11.8. The smallest absolute Gasteiger partial charge is 0.119 e. The van der Waals surface area contributed by atoms with Crippen LogP contribution in [0.4, 0.5) is 0 Å². The third-order valence-corrected chi connectivity index (χ3v) is 6.24. The lowest BCUT2D eigenvalue weighted by atomic mass is 9.70. The van der Waals surface area contributed by atoms with E-state index < -0.39 is 0 Å². The summed E-state index contributed by atoms with van der Waals surface area (Å²) in [5, 5.41) is 0. The molecule has 132 valence electrons. The lowest BCUT2D eigenvalue weighted by molar-refractivity contribution is 0.189. The summed E-state index contributed by atoms with van der Waals surface area (Å²) in [6.45, 7) is 5.11. The molecule has 1 aromatic rings. The van der Waals surface area contributed by atoms with Crippen LogP contribution in [-0.2, 0) is 0 Å². The fraction of sp³-hybridized carbons (Fsp3) is 0.652. The SMILES string of the molecule is CCCC1CCC(C2CC=C(c3ccc(OCC)cc3)CC2)CC1. The first-order valence-electron chi connectivity index (χ1n) is 10.2. The van der Waals surface area contributed by atoms with Crippen molar-refractivity contribution in [3.63, 3.8) is 0 Å². The maximum absolute atomic E-state index is 5.55. The molecule has 1 heteroatoms. The molecular formula is C23H34O. The Hall–Kier alpha value is -1.24. The van der Waals surface area contributed by atoms with Crippen molar-refractivity contribution < 1.29 is 4.74 Å². The normalized spacial score (nSPS) is 27.6. The van der Waals surface area contributed by atoms with Crippen molar-refractivity contribution in [1.29, 1.82) is 0 Å². The Morgan fingerprint density at radius 1 is 0.917 bits per heavy atom. The van der Waals surface area contributed by atoms with E-state index in [1.807, 2.05) is 6.92 Å².